The summed E-state index contributed by atoms with van der Waals surface area (Å²) in [5.74, 6) is -0.198. The molecule has 2 N–H and O–H groups in total. The standard InChI is InChI=1S/C24H25FN6O2/c1-3-15-8-11-31(22(15)32)20-7-5-16(13-17(20)21-27-29-30-28-21)26-23(33)24(9-10-24)18-6-4-14(2)12-19(18)25/h4-7,12-13,15H,3,8-11H2,1-2H3,(H,26,33)(H,27,28,29,30). The van der Waals surface area contributed by atoms with E-state index in [1.807, 2.05) is 19.9 Å². The van der Waals surface area contributed by atoms with Crippen molar-refractivity contribution in [3.8, 4) is 11.4 Å². The van der Waals surface area contributed by atoms with E-state index in [2.05, 4.69) is 25.9 Å². The first-order chi connectivity index (χ1) is 15.9. The van der Waals surface area contributed by atoms with Crippen LogP contribution in [0.25, 0.3) is 11.4 Å². The highest BCUT2D eigenvalue weighted by Crippen LogP contribution is 2.50. The summed E-state index contributed by atoms with van der Waals surface area (Å²) < 4.78 is 14.6. The number of halogens is 1. The van der Waals surface area contributed by atoms with Crippen molar-refractivity contribution in [1.82, 2.24) is 20.6 Å². The zero-order valence-electron chi connectivity index (χ0n) is 18.6. The Hall–Kier alpha value is -3.62. The minimum absolute atomic E-state index is 0.00151. The first kappa shape index (κ1) is 21.2. The maximum absolute atomic E-state index is 14.6. The lowest BCUT2D eigenvalue weighted by Gasteiger charge is -2.21. The maximum atomic E-state index is 14.6. The molecular weight excluding hydrogens is 423 g/mol. The Labute approximate surface area is 190 Å². The van der Waals surface area contributed by atoms with E-state index in [9.17, 15) is 14.0 Å². The molecule has 2 fully saturated rings. The maximum Gasteiger partial charge on any atom is 0.235 e. The molecular formula is C24H25FN6O2. The highest BCUT2D eigenvalue weighted by molar-refractivity contribution is 6.04. The summed E-state index contributed by atoms with van der Waals surface area (Å²) >= 11 is 0. The van der Waals surface area contributed by atoms with Gasteiger partial charge in [0.15, 0.2) is 0 Å². The Morgan fingerprint density at radius 3 is 2.73 bits per heavy atom. The fourth-order valence-corrected chi connectivity index (χ4v) is 4.66. The number of hydrogen-bond donors (Lipinski definition) is 2. The lowest BCUT2D eigenvalue weighted by atomic mass is 9.93. The second kappa shape index (κ2) is 8.06. The van der Waals surface area contributed by atoms with Crippen molar-refractivity contribution in [2.45, 2.75) is 44.9 Å². The van der Waals surface area contributed by atoms with Crippen LogP contribution in [0.3, 0.4) is 0 Å². The van der Waals surface area contributed by atoms with E-state index in [0.717, 1.165) is 18.4 Å². The molecule has 2 heterocycles. The second-order valence-electron chi connectivity index (χ2n) is 8.87. The Bertz CT molecular complexity index is 1220. The van der Waals surface area contributed by atoms with Gasteiger partial charge in [0.1, 0.15) is 5.82 Å². The van der Waals surface area contributed by atoms with Gasteiger partial charge in [-0.3, -0.25) is 9.59 Å². The van der Waals surface area contributed by atoms with Crippen LogP contribution in [-0.2, 0) is 15.0 Å². The number of aromatic nitrogens is 4. The van der Waals surface area contributed by atoms with Gasteiger partial charge in [-0.25, -0.2) is 4.39 Å². The van der Waals surface area contributed by atoms with Gasteiger partial charge in [0, 0.05) is 29.3 Å². The number of rotatable bonds is 6. The Balaban J connectivity index is 1.46. The van der Waals surface area contributed by atoms with Crippen molar-refractivity contribution >= 4 is 23.2 Å². The molecule has 1 saturated heterocycles. The van der Waals surface area contributed by atoms with Crippen LogP contribution in [0.1, 0.15) is 43.7 Å². The number of tetrazole rings is 1. The normalized spacial score (nSPS) is 19.1. The van der Waals surface area contributed by atoms with Crippen LogP contribution < -0.4 is 10.2 Å². The van der Waals surface area contributed by atoms with Crippen molar-refractivity contribution in [3.63, 3.8) is 0 Å². The van der Waals surface area contributed by atoms with Crippen LogP contribution in [0.5, 0.6) is 0 Å². The number of amides is 2. The smallest absolute Gasteiger partial charge is 0.235 e. The van der Waals surface area contributed by atoms with Gasteiger partial charge in [0.2, 0.25) is 17.6 Å². The zero-order valence-corrected chi connectivity index (χ0v) is 18.6. The number of carbonyl (C=O) groups is 2. The summed E-state index contributed by atoms with van der Waals surface area (Å²) in [7, 11) is 0. The topological polar surface area (TPSA) is 104 Å². The number of anilines is 2. The summed E-state index contributed by atoms with van der Waals surface area (Å²) in [6.45, 7) is 4.44. The van der Waals surface area contributed by atoms with Crippen LogP contribution in [0.4, 0.5) is 15.8 Å². The summed E-state index contributed by atoms with van der Waals surface area (Å²) in [5.41, 5.74) is 2.19. The van der Waals surface area contributed by atoms with E-state index >= 15 is 0 Å². The molecule has 0 radical (unpaired) electrons. The van der Waals surface area contributed by atoms with E-state index in [1.165, 1.54) is 6.07 Å². The molecule has 2 aromatic carbocycles. The molecule has 3 aromatic rings. The van der Waals surface area contributed by atoms with Crippen LogP contribution in [0, 0.1) is 18.7 Å². The molecule has 0 spiro atoms. The van der Waals surface area contributed by atoms with E-state index in [0.29, 0.717) is 47.7 Å². The Morgan fingerprint density at radius 2 is 2.09 bits per heavy atom. The van der Waals surface area contributed by atoms with Crippen LogP contribution in [-0.4, -0.2) is 39.0 Å². The number of aryl methyl sites for hydroxylation is 1. The van der Waals surface area contributed by atoms with Crippen molar-refractivity contribution in [2.75, 3.05) is 16.8 Å². The van der Waals surface area contributed by atoms with Gasteiger partial charge in [-0.05, 0) is 67.6 Å². The number of hydrogen-bond acceptors (Lipinski definition) is 5. The average Bonchev–Trinajstić information content (AvgIpc) is 3.24. The molecule has 1 atom stereocenters. The molecule has 33 heavy (non-hydrogen) atoms. The third-order valence-electron chi connectivity index (χ3n) is 6.77. The molecule has 1 aliphatic carbocycles. The quantitative estimate of drug-likeness (QED) is 0.598. The van der Waals surface area contributed by atoms with Crippen molar-refractivity contribution < 1.29 is 14.0 Å². The molecule has 1 aromatic heterocycles. The summed E-state index contributed by atoms with van der Waals surface area (Å²) in [5, 5.41) is 17.2. The third-order valence-corrected chi connectivity index (χ3v) is 6.77. The average molecular weight is 449 g/mol. The van der Waals surface area contributed by atoms with E-state index in [-0.39, 0.29) is 23.5 Å². The zero-order chi connectivity index (χ0) is 23.2. The number of aromatic amines is 1. The second-order valence-corrected chi connectivity index (χ2v) is 8.87. The number of carbonyl (C=O) groups excluding carboxylic acids is 2. The molecule has 5 rings (SSSR count). The lowest BCUT2D eigenvalue weighted by molar-refractivity contribution is -0.120. The molecule has 8 nitrogen and oxygen atoms in total. The van der Waals surface area contributed by atoms with Crippen LogP contribution >= 0.6 is 0 Å². The van der Waals surface area contributed by atoms with Gasteiger partial charge in [-0.15, -0.1) is 10.2 Å². The minimum atomic E-state index is -0.859. The largest absolute Gasteiger partial charge is 0.325 e. The predicted octanol–water partition coefficient (Wildman–Crippen LogP) is 3.75. The number of nitrogens with one attached hydrogen (secondary N) is 2. The number of benzene rings is 2. The Kier molecular flexibility index (Phi) is 5.19. The molecule has 0 bridgehead atoms. The van der Waals surface area contributed by atoms with Gasteiger partial charge in [-0.2, -0.15) is 5.21 Å². The van der Waals surface area contributed by atoms with E-state index in [1.54, 1.807) is 29.2 Å². The highest BCUT2D eigenvalue weighted by Gasteiger charge is 2.52. The first-order valence-corrected chi connectivity index (χ1v) is 11.2. The molecule has 2 amide bonds. The molecule has 170 valence electrons. The number of H-pyrrole nitrogens is 1. The molecule has 9 heteroatoms. The lowest BCUT2D eigenvalue weighted by Crippen LogP contribution is -2.29. The van der Waals surface area contributed by atoms with Crippen LogP contribution in [0.2, 0.25) is 0 Å². The Morgan fingerprint density at radius 1 is 1.27 bits per heavy atom. The molecule has 1 unspecified atom stereocenters. The van der Waals surface area contributed by atoms with E-state index in [4.69, 9.17) is 0 Å². The van der Waals surface area contributed by atoms with Crippen LogP contribution in [0.15, 0.2) is 36.4 Å². The SMILES string of the molecule is CCC1CCN(c2ccc(NC(=O)C3(c4ccc(C)cc4F)CC3)cc2-c2nn[nH]n2)C1=O. The monoisotopic (exact) mass is 448 g/mol. The summed E-state index contributed by atoms with van der Waals surface area (Å²) in [6.07, 6.45) is 2.77. The molecule has 1 aliphatic heterocycles. The highest BCUT2D eigenvalue weighted by atomic mass is 19.1. The summed E-state index contributed by atoms with van der Waals surface area (Å²) in [6, 6.07) is 10.3. The van der Waals surface area contributed by atoms with Crippen molar-refractivity contribution in [2.24, 2.45) is 5.92 Å². The predicted molar refractivity (Wildman–Crippen MR) is 121 cm³/mol. The van der Waals surface area contributed by atoms with Gasteiger partial charge in [0.05, 0.1) is 11.1 Å². The van der Waals surface area contributed by atoms with Crippen molar-refractivity contribution in [3.05, 3.63) is 53.3 Å². The van der Waals surface area contributed by atoms with E-state index < -0.39 is 5.41 Å². The first-order valence-electron chi connectivity index (χ1n) is 11.2. The third kappa shape index (κ3) is 3.67. The van der Waals surface area contributed by atoms with Crippen molar-refractivity contribution in [1.29, 1.82) is 0 Å². The minimum Gasteiger partial charge on any atom is -0.325 e. The molecule has 2 aliphatic rings. The molecule has 1 saturated carbocycles. The van der Waals surface area contributed by atoms with Gasteiger partial charge in [-0.1, -0.05) is 19.1 Å². The number of nitrogens with zero attached hydrogens (tertiary/aromatic N) is 4. The summed E-state index contributed by atoms with van der Waals surface area (Å²) in [4.78, 5) is 27.8. The van der Waals surface area contributed by atoms with Gasteiger partial charge < -0.3 is 10.2 Å². The fraction of sp³-hybridized carbons (Fsp3) is 0.375. The fourth-order valence-electron chi connectivity index (χ4n) is 4.66. The van der Waals surface area contributed by atoms with Gasteiger partial charge in [0.25, 0.3) is 0 Å². The van der Waals surface area contributed by atoms with Gasteiger partial charge >= 0.3 is 0 Å².